The third kappa shape index (κ3) is 3.55. The summed E-state index contributed by atoms with van der Waals surface area (Å²) in [6, 6.07) is 10.2. The van der Waals surface area contributed by atoms with Gasteiger partial charge in [0.1, 0.15) is 5.56 Å². The maximum atomic E-state index is 12.3. The number of fused-ring (bicyclic) bond motifs is 1. The minimum atomic E-state index is -0.492. The smallest absolute Gasteiger partial charge is 0.291 e. The fourth-order valence-electron chi connectivity index (χ4n) is 2.56. The Balaban J connectivity index is 1.39. The molecule has 0 radical (unpaired) electrons. The van der Waals surface area contributed by atoms with Crippen LogP contribution >= 0.6 is 11.3 Å². The van der Waals surface area contributed by atoms with Crippen LogP contribution in [-0.2, 0) is 6.54 Å². The molecule has 140 valence electrons. The standard InChI is InChI=1S/C19H14N4O4S/c24-16(14-11-21-19-23(18(14)26)7-9-28-19)20-10-12-3-5-13(6-4-12)22-17(25)15-2-1-8-27-15/h1-9,11H,10H2,(H,20,24)(H,22,25). The van der Waals surface area contributed by atoms with Crippen molar-refractivity contribution in [3.63, 3.8) is 0 Å². The van der Waals surface area contributed by atoms with E-state index in [4.69, 9.17) is 4.42 Å². The van der Waals surface area contributed by atoms with E-state index in [1.807, 2.05) is 0 Å². The van der Waals surface area contributed by atoms with Crippen molar-refractivity contribution in [2.24, 2.45) is 0 Å². The minimum Gasteiger partial charge on any atom is -0.459 e. The predicted octanol–water partition coefficient (Wildman–Crippen LogP) is 2.53. The Morgan fingerprint density at radius 3 is 2.71 bits per heavy atom. The quantitative estimate of drug-likeness (QED) is 0.541. The number of nitrogens with one attached hydrogen (secondary N) is 2. The lowest BCUT2D eigenvalue weighted by Gasteiger charge is -2.07. The maximum absolute atomic E-state index is 12.3. The van der Waals surface area contributed by atoms with Crippen LogP contribution in [0.4, 0.5) is 5.69 Å². The van der Waals surface area contributed by atoms with Gasteiger partial charge in [0, 0.05) is 30.0 Å². The first kappa shape index (κ1) is 17.7. The van der Waals surface area contributed by atoms with E-state index in [0.717, 1.165) is 5.56 Å². The van der Waals surface area contributed by atoms with Gasteiger partial charge in [0.15, 0.2) is 10.7 Å². The largest absolute Gasteiger partial charge is 0.459 e. The Kier molecular flexibility index (Phi) is 4.73. The molecule has 2 amide bonds. The number of carbonyl (C=O) groups is 2. The average Bonchev–Trinajstić information content (AvgIpc) is 3.39. The molecule has 3 heterocycles. The SMILES string of the molecule is O=C(Nc1ccc(CNC(=O)c2cnc3sccn3c2=O)cc1)c1ccco1. The van der Waals surface area contributed by atoms with Crippen molar-refractivity contribution in [1.82, 2.24) is 14.7 Å². The first-order valence-electron chi connectivity index (χ1n) is 8.29. The second-order valence-corrected chi connectivity index (χ2v) is 6.72. The summed E-state index contributed by atoms with van der Waals surface area (Å²) in [5.74, 6) is -0.616. The first-order valence-corrected chi connectivity index (χ1v) is 9.16. The average molecular weight is 394 g/mol. The molecule has 0 atom stereocenters. The maximum Gasteiger partial charge on any atom is 0.291 e. The van der Waals surface area contributed by atoms with Gasteiger partial charge in [-0.3, -0.25) is 18.8 Å². The molecule has 0 saturated heterocycles. The van der Waals surface area contributed by atoms with Crippen molar-refractivity contribution in [2.75, 3.05) is 5.32 Å². The number of aromatic nitrogens is 2. The number of rotatable bonds is 5. The molecule has 9 heteroatoms. The normalized spacial score (nSPS) is 10.7. The molecule has 0 saturated carbocycles. The van der Waals surface area contributed by atoms with Gasteiger partial charge >= 0.3 is 0 Å². The van der Waals surface area contributed by atoms with E-state index in [2.05, 4.69) is 15.6 Å². The topological polar surface area (TPSA) is 106 Å². The third-order valence-corrected chi connectivity index (χ3v) is 4.77. The predicted molar refractivity (Wildman–Crippen MR) is 104 cm³/mol. The summed E-state index contributed by atoms with van der Waals surface area (Å²) < 4.78 is 6.38. The number of benzene rings is 1. The van der Waals surface area contributed by atoms with Crippen molar-refractivity contribution in [2.45, 2.75) is 6.54 Å². The van der Waals surface area contributed by atoms with E-state index < -0.39 is 11.5 Å². The first-order chi connectivity index (χ1) is 13.6. The number of furan rings is 1. The van der Waals surface area contributed by atoms with Crippen LogP contribution in [0.1, 0.15) is 26.5 Å². The molecule has 4 rings (SSSR count). The molecule has 0 unspecified atom stereocenters. The molecule has 28 heavy (non-hydrogen) atoms. The highest BCUT2D eigenvalue weighted by atomic mass is 32.1. The van der Waals surface area contributed by atoms with Crippen LogP contribution in [0, 0.1) is 0 Å². The number of amides is 2. The van der Waals surface area contributed by atoms with E-state index >= 15 is 0 Å². The van der Waals surface area contributed by atoms with E-state index in [1.54, 1.807) is 48.0 Å². The molecule has 4 aromatic rings. The van der Waals surface area contributed by atoms with Gasteiger partial charge in [0.2, 0.25) is 0 Å². The highest BCUT2D eigenvalue weighted by Crippen LogP contribution is 2.12. The van der Waals surface area contributed by atoms with Crippen LogP contribution < -0.4 is 16.2 Å². The third-order valence-electron chi connectivity index (χ3n) is 4.00. The molecule has 2 N–H and O–H groups in total. The zero-order valence-electron chi connectivity index (χ0n) is 14.4. The van der Waals surface area contributed by atoms with Crippen LogP contribution in [-0.4, -0.2) is 21.2 Å². The summed E-state index contributed by atoms with van der Waals surface area (Å²) in [5.41, 5.74) is 0.994. The van der Waals surface area contributed by atoms with Crippen LogP contribution in [0.15, 0.2) is 69.6 Å². The van der Waals surface area contributed by atoms with Gasteiger partial charge < -0.3 is 15.1 Å². The zero-order chi connectivity index (χ0) is 19.5. The van der Waals surface area contributed by atoms with Gasteiger partial charge in [-0.1, -0.05) is 12.1 Å². The van der Waals surface area contributed by atoms with Gasteiger partial charge in [0.25, 0.3) is 17.4 Å². The van der Waals surface area contributed by atoms with Gasteiger partial charge in [-0.15, -0.1) is 11.3 Å². The number of thiazole rings is 1. The molecule has 0 aliphatic rings. The van der Waals surface area contributed by atoms with Crippen molar-refractivity contribution in [1.29, 1.82) is 0 Å². The van der Waals surface area contributed by atoms with Crippen LogP contribution in [0.5, 0.6) is 0 Å². The Morgan fingerprint density at radius 1 is 1.14 bits per heavy atom. The molecule has 1 aromatic carbocycles. The second-order valence-electron chi connectivity index (χ2n) is 5.84. The van der Waals surface area contributed by atoms with Gasteiger partial charge in [0.05, 0.1) is 6.26 Å². The number of hydrogen-bond acceptors (Lipinski definition) is 6. The van der Waals surface area contributed by atoms with Crippen molar-refractivity contribution >= 4 is 33.8 Å². The Hall–Kier alpha value is -3.72. The summed E-state index contributed by atoms with van der Waals surface area (Å²) in [4.78, 5) is 41.2. The van der Waals surface area contributed by atoms with Gasteiger partial charge in [-0.25, -0.2) is 4.98 Å². The molecule has 0 aliphatic carbocycles. The van der Waals surface area contributed by atoms with Gasteiger partial charge in [-0.2, -0.15) is 0 Å². The summed E-state index contributed by atoms with van der Waals surface area (Å²) in [6.45, 7) is 0.233. The zero-order valence-corrected chi connectivity index (χ0v) is 15.2. The molecule has 0 bridgehead atoms. The van der Waals surface area contributed by atoms with Crippen LogP contribution in [0.25, 0.3) is 4.96 Å². The Morgan fingerprint density at radius 2 is 1.96 bits per heavy atom. The highest BCUT2D eigenvalue weighted by molar-refractivity contribution is 7.15. The Labute approximate surface area is 162 Å². The molecule has 0 fully saturated rings. The summed E-state index contributed by atoms with van der Waals surface area (Å²) in [6.07, 6.45) is 4.30. The molecule has 0 spiro atoms. The minimum absolute atomic E-state index is 0.0155. The highest BCUT2D eigenvalue weighted by Gasteiger charge is 2.13. The number of nitrogens with zero attached hydrogens (tertiary/aromatic N) is 2. The molecule has 3 aromatic heterocycles. The van der Waals surface area contributed by atoms with Crippen LogP contribution in [0.2, 0.25) is 0 Å². The van der Waals surface area contributed by atoms with Crippen LogP contribution in [0.3, 0.4) is 0 Å². The monoisotopic (exact) mass is 394 g/mol. The summed E-state index contributed by atoms with van der Waals surface area (Å²) in [7, 11) is 0. The van der Waals surface area contributed by atoms with E-state index in [1.165, 1.54) is 28.2 Å². The fourth-order valence-corrected chi connectivity index (χ4v) is 3.24. The van der Waals surface area contributed by atoms with Crippen molar-refractivity contribution < 1.29 is 14.0 Å². The van der Waals surface area contributed by atoms with E-state index in [-0.39, 0.29) is 23.8 Å². The van der Waals surface area contributed by atoms with Gasteiger partial charge in [-0.05, 0) is 29.8 Å². The molecule has 0 aliphatic heterocycles. The lowest BCUT2D eigenvalue weighted by atomic mass is 10.2. The molecule has 8 nitrogen and oxygen atoms in total. The van der Waals surface area contributed by atoms with Crippen molar-refractivity contribution in [3.8, 4) is 0 Å². The Bertz CT molecular complexity index is 1190. The lowest BCUT2D eigenvalue weighted by Crippen LogP contribution is -2.30. The second kappa shape index (κ2) is 7.49. The lowest BCUT2D eigenvalue weighted by molar-refractivity contribution is 0.0947. The van der Waals surface area contributed by atoms with Crippen molar-refractivity contribution in [3.05, 3.63) is 87.7 Å². The van der Waals surface area contributed by atoms with E-state index in [9.17, 15) is 14.4 Å². The number of carbonyl (C=O) groups excluding carboxylic acids is 2. The molecular weight excluding hydrogens is 380 g/mol. The summed E-state index contributed by atoms with van der Waals surface area (Å²) in [5, 5.41) is 7.15. The number of anilines is 1. The summed E-state index contributed by atoms with van der Waals surface area (Å²) >= 11 is 1.32. The van der Waals surface area contributed by atoms with E-state index in [0.29, 0.717) is 10.6 Å². The number of hydrogen-bond donors (Lipinski definition) is 2. The molecular formula is C19H14N4O4S. The fraction of sp³-hybridized carbons (Fsp3) is 0.0526.